The first-order chi connectivity index (χ1) is 5.08. The summed E-state index contributed by atoms with van der Waals surface area (Å²) in [4.78, 5) is 11.2. The molecule has 1 aliphatic carbocycles. The quantitative estimate of drug-likeness (QED) is 0.512. The lowest BCUT2D eigenvalue weighted by molar-refractivity contribution is -0.144. The van der Waals surface area contributed by atoms with E-state index in [9.17, 15) is 4.79 Å². The van der Waals surface area contributed by atoms with Gasteiger partial charge in [-0.2, -0.15) is 0 Å². The van der Waals surface area contributed by atoms with Gasteiger partial charge in [-0.3, -0.25) is 4.79 Å². The maximum absolute atomic E-state index is 11.2. The van der Waals surface area contributed by atoms with Crippen LogP contribution in [0.3, 0.4) is 0 Å². The number of nitrogens with one attached hydrogen (secondary N) is 1. The van der Waals surface area contributed by atoms with Crippen LogP contribution in [-0.2, 0) is 4.79 Å². The highest BCUT2D eigenvalue weighted by atomic mass is 16.2. The van der Waals surface area contributed by atoms with Gasteiger partial charge in [-0.05, 0) is 13.8 Å². The van der Waals surface area contributed by atoms with Gasteiger partial charge in [-0.25, -0.2) is 0 Å². The van der Waals surface area contributed by atoms with Gasteiger partial charge in [-0.15, -0.1) is 0 Å². The van der Waals surface area contributed by atoms with E-state index < -0.39 is 0 Å². The summed E-state index contributed by atoms with van der Waals surface area (Å²) in [5.74, 6) is 0.126. The molecule has 2 heteroatoms. The largest absolute Gasteiger partial charge is 0.345 e. The Balaban J connectivity index is 2.46. The summed E-state index contributed by atoms with van der Waals surface area (Å²) >= 11 is 0. The van der Waals surface area contributed by atoms with Crippen molar-refractivity contribution in [2.24, 2.45) is 5.41 Å². The number of fused-ring (bicyclic) bond motifs is 1. The van der Waals surface area contributed by atoms with Crippen LogP contribution in [-0.4, -0.2) is 11.4 Å². The van der Waals surface area contributed by atoms with Crippen LogP contribution < -0.4 is 5.32 Å². The van der Waals surface area contributed by atoms with Crippen molar-refractivity contribution in [1.29, 1.82) is 0 Å². The molecule has 1 saturated heterocycles. The molecule has 0 unspecified atom stereocenters. The molecule has 2 aliphatic rings. The van der Waals surface area contributed by atoms with Crippen molar-refractivity contribution in [2.45, 2.75) is 19.4 Å². The highest BCUT2D eigenvalue weighted by Crippen LogP contribution is 2.44. The molecule has 1 fully saturated rings. The summed E-state index contributed by atoms with van der Waals surface area (Å²) in [6, 6.07) is 0. The van der Waals surface area contributed by atoms with Crippen molar-refractivity contribution in [1.82, 2.24) is 5.32 Å². The molecule has 0 spiro atoms. The van der Waals surface area contributed by atoms with E-state index in [4.69, 9.17) is 0 Å². The molecule has 1 aliphatic heterocycles. The summed E-state index contributed by atoms with van der Waals surface area (Å²) in [6.07, 6.45) is 7.90. The molecule has 0 aromatic carbocycles. The second-order valence-corrected chi connectivity index (χ2v) is 3.58. The first-order valence-corrected chi connectivity index (χ1v) is 3.78. The molecule has 0 bridgehead atoms. The average molecular weight is 149 g/mol. The third-order valence-electron chi connectivity index (χ3n) is 2.89. The third-order valence-corrected chi connectivity index (χ3v) is 2.89. The van der Waals surface area contributed by atoms with Crippen LogP contribution in [0.1, 0.15) is 13.8 Å². The van der Waals surface area contributed by atoms with Crippen molar-refractivity contribution >= 4 is 5.91 Å². The van der Waals surface area contributed by atoms with Crippen LogP contribution in [0.25, 0.3) is 0 Å². The topological polar surface area (TPSA) is 29.1 Å². The zero-order valence-electron chi connectivity index (χ0n) is 6.72. The SMILES string of the molecule is C[C@@]12C=CC=C[C@@]1(C)C(=O)N2. The Morgan fingerprint density at radius 2 is 1.91 bits per heavy atom. The predicted octanol–water partition coefficient (Wildman–Crippen LogP) is 1.01. The lowest BCUT2D eigenvalue weighted by Gasteiger charge is -2.53. The van der Waals surface area contributed by atoms with Gasteiger partial charge >= 0.3 is 0 Å². The Hall–Kier alpha value is -1.05. The standard InChI is InChI=1S/C9H11NO/c1-8-5-3-4-6-9(8,2)10-7(8)11/h3-6H,1-2H3,(H,10,11)/t8-,9+/m0/s1. The van der Waals surface area contributed by atoms with Crippen LogP contribution in [0.4, 0.5) is 0 Å². The molecular formula is C9H11NO. The molecule has 1 heterocycles. The molecule has 0 aromatic rings. The summed E-state index contributed by atoms with van der Waals surface area (Å²) < 4.78 is 0. The Morgan fingerprint density at radius 1 is 1.27 bits per heavy atom. The summed E-state index contributed by atoms with van der Waals surface area (Å²) in [5, 5.41) is 2.88. The Kier molecular flexibility index (Phi) is 0.952. The molecule has 2 atom stereocenters. The second kappa shape index (κ2) is 1.58. The maximum atomic E-state index is 11.2. The number of β-lactam (4-membered cyclic amide) rings is 1. The van der Waals surface area contributed by atoms with Gasteiger partial charge in [0.05, 0.1) is 11.0 Å². The second-order valence-electron chi connectivity index (χ2n) is 3.58. The number of rotatable bonds is 0. The molecule has 2 nitrogen and oxygen atoms in total. The van der Waals surface area contributed by atoms with Crippen molar-refractivity contribution in [3.05, 3.63) is 24.3 Å². The number of allylic oxidation sites excluding steroid dienone is 2. The van der Waals surface area contributed by atoms with Gasteiger partial charge in [0.1, 0.15) is 0 Å². The maximum Gasteiger partial charge on any atom is 0.233 e. The van der Waals surface area contributed by atoms with E-state index in [2.05, 4.69) is 5.32 Å². The molecule has 2 rings (SSSR count). The van der Waals surface area contributed by atoms with Gasteiger partial charge in [0, 0.05) is 0 Å². The number of carbonyl (C=O) groups is 1. The normalized spacial score (nSPS) is 46.2. The fourth-order valence-electron chi connectivity index (χ4n) is 1.63. The van der Waals surface area contributed by atoms with E-state index in [0.717, 1.165) is 0 Å². The van der Waals surface area contributed by atoms with Gasteiger partial charge in [-0.1, -0.05) is 24.3 Å². The van der Waals surface area contributed by atoms with Crippen LogP contribution in [0.2, 0.25) is 0 Å². The van der Waals surface area contributed by atoms with Crippen molar-refractivity contribution < 1.29 is 4.79 Å². The monoisotopic (exact) mass is 149 g/mol. The molecular weight excluding hydrogens is 138 g/mol. The number of amides is 1. The summed E-state index contributed by atoms with van der Waals surface area (Å²) in [6.45, 7) is 4.00. The molecule has 1 amide bonds. The number of hydrogen-bond donors (Lipinski definition) is 1. The minimum atomic E-state index is -0.304. The smallest absolute Gasteiger partial charge is 0.233 e. The number of hydrogen-bond acceptors (Lipinski definition) is 1. The van der Waals surface area contributed by atoms with E-state index in [-0.39, 0.29) is 16.9 Å². The first kappa shape index (κ1) is 6.65. The summed E-state index contributed by atoms with van der Waals surface area (Å²) in [5.41, 5.74) is -0.444. The average Bonchev–Trinajstić information content (AvgIpc) is 1.96. The lowest BCUT2D eigenvalue weighted by atomic mass is 9.62. The van der Waals surface area contributed by atoms with Gasteiger partial charge in [0.25, 0.3) is 0 Å². The van der Waals surface area contributed by atoms with Crippen LogP contribution in [0.15, 0.2) is 24.3 Å². The van der Waals surface area contributed by atoms with E-state index in [1.54, 1.807) is 0 Å². The zero-order chi connectivity index (χ0) is 8.11. The van der Waals surface area contributed by atoms with Crippen molar-refractivity contribution in [2.75, 3.05) is 0 Å². The minimum absolute atomic E-state index is 0.126. The van der Waals surface area contributed by atoms with E-state index in [1.807, 2.05) is 38.2 Å². The highest BCUT2D eigenvalue weighted by molar-refractivity contribution is 5.94. The minimum Gasteiger partial charge on any atom is -0.345 e. The molecule has 11 heavy (non-hydrogen) atoms. The first-order valence-electron chi connectivity index (χ1n) is 3.78. The van der Waals surface area contributed by atoms with E-state index in [0.29, 0.717) is 0 Å². The van der Waals surface area contributed by atoms with Gasteiger partial charge < -0.3 is 5.32 Å². The fraction of sp³-hybridized carbons (Fsp3) is 0.444. The van der Waals surface area contributed by atoms with Crippen LogP contribution >= 0.6 is 0 Å². The fourth-order valence-corrected chi connectivity index (χ4v) is 1.63. The molecule has 0 saturated carbocycles. The molecule has 0 aromatic heterocycles. The molecule has 0 radical (unpaired) electrons. The third kappa shape index (κ3) is 0.553. The van der Waals surface area contributed by atoms with Crippen LogP contribution in [0, 0.1) is 5.41 Å². The molecule has 1 N–H and O–H groups in total. The lowest BCUT2D eigenvalue weighted by Crippen LogP contribution is -2.72. The Morgan fingerprint density at radius 3 is 2.36 bits per heavy atom. The van der Waals surface area contributed by atoms with Gasteiger partial charge in [0.2, 0.25) is 5.91 Å². The van der Waals surface area contributed by atoms with Crippen molar-refractivity contribution in [3.63, 3.8) is 0 Å². The van der Waals surface area contributed by atoms with Crippen molar-refractivity contribution in [3.8, 4) is 0 Å². The van der Waals surface area contributed by atoms with E-state index >= 15 is 0 Å². The zero-order valence-corrected chi connectivity index (χ0v) is 6.72. The van der Waals surface area contributed by atoms with E-state index in [1.165, 1.54) is 0 Å². The summed E-state index contributed by atoms with van der Waals surface area (Å²) in [7, 11) is 0. The highest BCUT2D eigenvalue weighted by Gasteiger charge is 2.57. The van der Waals surface area contributed by atoms with Gasteiger partial charge in [0.15, 0.2) is 0 Å². The predicted molar refractivity (Wildman–Crippen MR) is 42.9 cm³/mol. The Labute approximate surface area is 66.0 Å². The van der Waals surface area contributed by atoms with Crippen LogP contribution in [0.5, 0.6) is 0 Å². The number of carbonyl (C=O) groups excluding carboxylic acids is 1. The molecule has 58 valence electrons. The Bertz CT molecular complexity index is 279.